The number of benzene rings is 1. The van der Waals surface area contributed by atoms with E-state index in [4.69, 9.17) is 0 Å². The van der Waals surface area contributed by atoms with Gasteiger partial charge in [0.1, 0.15) is 0 Å². The van der Waals surface area contributed by atoms with Gasteiger partial charge in [0.25, 0.3) is 0 Å². The molecule has 0 saturated heterocycles. The first-order valence-electron chi connectivity index (χ1n) is 5.84. The maximum atomic E-state index is 11.9. The van der Waals surface area contributed by atoms with Crippen molar-refractivity contribution in [3.8, 4) is 0 Å². The smallest absolute Gasteiger partial charge is 0.189 e. The van der Waals surface area contributed by atoms with Crippen LogP contribution in [-0.4, -0.2) is 15.6 Å². The second-order valence-electron chi connectivity index (χ2n) is 4.46. The van der Waals surface area contributed by atoms with Crippen LogP contribution in [0.5, 0.6) is 0 Å². The fraction of sp³-hybridized carbons (Fsp3) is 0.200. The van der Waals surface area contributed by atoms with Crippen molar-refractivity contribution >= 4 is 11.9 Å². The molecule has 0 aliphatic carbocycles. The molecule has 2 rings (SSSR count). The molecule has 3 heteroatoms. The van der Waals surface area contributed by atoms with Crippen LogP contribution in [0.15, 0.2) is 36.7 Å². The van der Waals surface area contributed by atoms with Crippen molar-refractivity contribution in [2.75, 3.05) is 0 Å². The van der Waals surface area contributed by atoms with E-state index in [1.54, 1.807) is 30.2 Å². The third-order valence-corrected chi connectivity index (χ3v) is 2.83. The predicted octanol–water partition coefficient (Wildman–Crippen LogP) is 2.93. The molecule has 0 amide bonds. The average Bonchev–Trinajstić information content (AvgIpc) is 2.74. The van der Waals surface area contributed by atoms with E-state index < -0.39 is 0 Å². The van der Waals surface area contributed by atoms with Gasteiger partial charge in [-0.3, -0.25) is 9.48 Å². The lowest BCUT2D eigenvalue weighted by atomic mass is 10.0. The summed E-state index contributed by atoms with van der Waals surface area (Å²) in [5, 5.41) is 3.98. The highest BCUT2D eigenvalue weighted by Crippen LogP contribution is 2.12. The molecule has 92 valence electrons. The van der Waals surface area contributed by atoms with Gasteiger partial charge in [0, 0.05) is 13.2 Å². The van der Waals surface area contributed by atoms with Crippen LogP contribution < -0.4 is 0 Å². The summed E-state index contributed by atoms with van der Waals surface area (Å²) in [7, 11) is 1.80. The first-order valence-corrected chi connectivity index (χ1v) is 5.84. The largest absolute Gasteiger partial charge is 0.289 e. The molecule has 0 bridgehead atoms. The van der Waals surface area contributed by atoms with E-state index in [0.717, 1.165) is 5.56 Å². The fourth-order valence-electron chi connectivity index (χ4n) is 1.82. The van der Waals surface area contributed by atoms with Gasteiger partial charge >= 0.3 is 0 Å². The zero-order valence-electron chi connectivity index (χ0n) is 10.8. The molecule has 1 aromatic carbocycles. The number of nitrogens with zero attached hydrogens (tertiary/aromatic N) is 2. The molecular formula is C15H16N2O. The van der Waals surface area contributed by atoms with Gasteiger partial charge in [0.2, 0.25) is 0 Å². The summed E-state index contributed by atoms with van der Waals surface area (Å²) in [6.45, 7) is 4.10. The maximum Gasteiger partial charge on any atom is 0.189 e. The van der Waals surface area contributed by atoms with Gasteiger partial charge in [-0.25, -0.2) is 0 Å². The van der Waals surface area contributed by atoms with Gasteiger partial charge in [-0.1, -0.05) is 29.8 Å². The Hall–Kier alpha value is -2.16. The highest BCUT2D eigenvalue weighted by molar-refractivity contribution is 6.06. The molecule has 18 heavy (non-hydrogen) atoms. The van der Waals surface area contributed by atoms with Crippen LogP contribution in [0.25, 0.3) is 6.08 Å². The molecule has 1 heterocycles. The Morgan fingerprint density at radius 3 is 2.72 bits per heavy atom. The topological polar surface area (TPSA) is 34.9 Å². The maximum absolute atomic E-state index is 11.9. The molecular weight excluding hydrogens is 224 g/mol. The normalized spacial score (nSPS) is 11.1. The van der Waals surface area contributed by atoms with Crippen LogP contribution in [-0.2, 0) is 7.05 Å². The number of carbonyl (C=O) groups excluding carboxylic acids is 1. The summed E-state index contributed by atoms with van der Waals surface area (Å²) in [5.41, 5.74) is 4.07. The van der Waals surface area contributed by atoms with Crippen LogP contribution in [0.1, 0.15) is 27.0 Å². The molecule has 0 atom stereocenters. The molecule has 3 nitrogen and oxygen atoms in total. The Bertz CT molecular complexity index is 609. The number of ketones is 1. The zero-order valence-corrected chi connectivity index (χ0v) is 10.8. The predicted molar refractivity (Wildman–Crippen MR) is 72.5 cm³/mol. The number of aryl methyl sites for hydroxylation is 3. The van der Waals surface area contributed by atoms with Crippen molar-refractivity contribution in [1.82, 2.24) is 9.78 Å². The van der Waals surface area contributed by atoms with Crippen LogP contribution in [0.3, 0.4) is 0 Å². The van der Waals surface area contributed by atoms with E-state index in [1.807, 2.05) is 25.1 Å². The second kappa shape index (κ2) is 5.00. The highest BCUT2D eigenvalue weighted by atomic mass is 16.1. The van der Waals surface area contributed by atoms with Gasteiger partial charge in [0.15, 0.2) is 5.78 Å². The van der Waals surface area contributed by atoms with Gasteiger partial charge in [-0.15, -0.1) is 0 Å². The minimum Gasteiger partial charge on any atom is -0.289 e. The summed E-state index contributed by atoms with van der Waals surface area (Å²) in [6, 6.07) is 6.17. The molecule has 0 radical (unpaired) electrons. The standard InChI is InChI=1S/C15H16N2O/c1-11-4-5-13(12(2)8-11)6-7-15(18)14-9-16-17(3)10-14/h4-10H,1-3H3. The number of rotatable bonds is 3. The van der Waals surface area contributed by atoms with E-state index in [1.165, 1.54) is 11.1 Å². The summed E-state index contributed by atoms with van der Waals surface area (Å²) >= 11 is 0. The van der Waals surface area contributed by atoms with Crippen LogP contribution in [0, 0.1) is 13.8 Å². The summed E-state index contributed by atoms with van der Waals surface area (Å²) in [6.07, 6.45) is 6.74. The Morgan fingerprint density at radius 2 is 2.11 bits per heavy atom. The lowest BCUT2D eigenvalue weighted by molar-refractivity contribution is 0.104. The number of hydrogen-bond donors (Lipinski definition) is 0. The zero-order chi connectivity index (χ0) is 13.1. The van der Waals surface area contributed by atoms with Gasteiger partial charge < -0.3 is 0 Å². The van der Waals surface area contributed by atoms with E-state index in [9.17, 15) is 4.79 Å². The van der Waals surface area contributed by atoms with Crippen LogP contribution in [0.2, 0.25) is 0 Å². The lowest BCUT2D eigenvalue weighted by Gasteiger charge is -2.01. The molecule has 1 aromatic heterocycles. The van der Waals surface area contributed by atoms with Crippen molar-refractivity contribution in [3.63, 3.8) is 0 Å². The molecule has 0 aliphatic heterocycles. The molecule has 0 spiro atoms. The van der Waals surface area contributed by atoms with Crippen molar-refractivity contribution < 1.29 is 4.79 Å². The molecule has 2 aromatic rings. The number of allylic oxidation sites excluding steroid dienone is 1. The van der Waals surface area contributed by atoms with Crippen LogP contribution >= 0.6 is 0 Å². The van der Waals surface area contributed by atoms with Gasteiger partial charge in [0.05, 0.1) is 11.8 Å². The van der Waals surface area contributed by atoms with Crippen molar-refractivity contribution in [3.05, 3.63) is 58.9 Å². The summed E-state index contributed by atoms with van der Waals surface area (Å²) < 4.78 is 1.62. The third-order valence-electron chi connectivity index (χ3n) is 2.83. The van der Waals surface area contributed by atoms with Crippen LogP contribution in [0.4, 0.5) is 0 Å². The van der Waals surface area contributed by atoms with Crippen molar-refractivity contribution in [2.45, 2.75) is 13.8 Å². The van der Waals surface area contributed by atoms with E-state index in [2.05, 4.69) is 18.1 Å². The fourth-order valence-corrected chi connectivity index (χ4v) is 1.82. The van der Waals surface area contributed by atoms with Gasteiger partial charge in [-0.05, 0) is 31.1 Å². The first kappa shape index (κ1) is 12.3. The molecule has 0 N–H and O–H groups in total. The first-order chi connectivity index (χ1) is 8.56. The van der Waals surface area contributed by atoms with E-state index in [-0.39, 0.29) is 5.78 Å². The SMILES string of the molecule is Cc1ccc(C=CC(=O)c2cnn(C)c2)c(C)c1. The summed E-state index contributed by atoms with van der Waals surface area (Å²) in [5.74, 6) is -0.0249. The molecule has 0 unspecified atom stereocenters. The lowest BCUT2D eigenvalue weighted by Crippen LogP contribution is -1.92. The van der Waals surface area contributed by atoms with E-state index >= 15 is 0 Å². The molecule has 0 fully saturated rings. The van der Waals surface area contributed by atoms with E-state index in [0.29, 0.717) is 5.56 Å². The Morgan fingerprint density at radius 1 is 1.33 bits per heavy atom. The van der Waals surface area contributed by atoms with Gasteiger partial charge in [-0.2, -0.15) is 5.10 Å². The quantitative estimate of drug-likeness (QED) is 0.610. The highest BCUT2D eigenvalue weighted by Gasteiger charge is 2.03. The molecule has 0 saturated carbocycles. The summed E-state index contributed by atoms with van der Waals surface area (Å²) in [4.78, 5) is 11.9. The minimum atomic E-state index is -0.0249. The Labute approximate surface area is 107 Å². The number of aromatic nitrogens is 2. The van der Waals surface area contributed by atoms with Crippen molar-refractivity contribution in [2.24, 2.45) is 7.05 Å². The number of carbonyl (C=O) groups is 1. The molecule has 0 aliphatic rings. The monoisotopic (exact) mass is 240 g/mol. The van der Waals surface area contributed by atoms with Crippen molar-refractivity contribution in [1.29, 1.82) is 0 Å². The Balaban J connectivity index is 2.18. The minimum absolute atomic E-state index is 0.0249. The third kappa shape index (κ3) is 2.74. The average molecular weight is 240 g/mol. The Kier molecular flexibility index (Phi) is 3.42. The second-order valence-corrected chi connectivity index (χ2v) is 4.46. The number of hydrogen-bond acceptors (Lipinski definition) is 2.